The molecule has 0 aliphatic carbocycles. The normalized spacial score (nSPS) is 12.2. The van der Waals surface area contributed by atoms with Gasteiger partial charge >= 0.3 is 0 Å². The van der Waals surface area contributed by atoms with Crippen molar-refractivity contribution < 1.29 is 9.90 Å². The summed E-state index contributed by atoms with van der Waals surface area (Å²) in [6.45, 7) is 7.73. The molecular weight excluding hydrogens is 476 g/mol. The van der Waals surface area contributed by atoms with Crippen LogP contribution in [0.2, 0.25) is 0 Å². The number of phenolic OH excluding ortho intramolecular Hbond substituents is 1. The zero-order valence-electron chi connectivity index (χ0n) is 22.2. The molecule has 1 atom stereocenters. The Morgan fingerprint density at radius 2 is 1.79 bits per heavy atom. The van der Waals surface area contributed by atoms with Gasteiger partial charge in [0.15, 0.2) is 0 Å². The van der Waals surface area contributed by atoms with Crippen LogP contribution in [0, 0.1) is 0 Å². The number of amides is 1. The van der Waals surface area contributed by atoms with Crippen molar-refractivity contribution in [3.63, 3.8) is 0 Å². The minimum absolute atomic E-state index is 0.0711. The van der Waals surface area contributed by atoms with E-state index in [0.29, 0.717) is 25.9 Å². The predicted octanol–water partition coefficient (Wildman–Crippen LogP) is 4.43. The van der Waals surface area contributed by atoms with Gasteiger partial charge in [-0.05, 0) is 65.8 Å². The molecule has 0 radical (unpaired) electrons. The number of aromatic nitrogens is 3. The lowest BCUT2D eigenvalue weighted by molar-refractivity contribution is -0.122. The van der Waals surface area contributed by atoms with Crippen molar-refractivity contribution in [2.24, 2.45) is 5.73 Å². The van der Waals surface area contributed by atoms with Crippen LogP contribution in [0.4, 0.5) is 5.82 Å². The van der Waals surface area contributed by atoms with Crippen molar-refractivity contribution in [2.75, 3.05) is 18.4 Å². The Kier molecular flexibility index (Phi) is 8.43. The summed E-state index contributed by atoms with van der Waals surface area (Å²) in [6.07, 6.45) is 4.68. The van der Waals surface area contributed by atoms with Crippen molar-refractivity contribution in [1.29, 1.82) is 0 Å². The van der Waals surface area contributed by atoms with Gasteiger partial charge in [-0.1, -0.05) is 45.0 Å². The number of carbonyl (C=O) groups excluding carboxylic acids is 1. The summed E-state index contributed by atoms with van der Waals surface area (Å²) < 4.78 is 1.90. The molecule has 0 unspecified atom stereocenters. The van der Waals surface area contributed by atoms with Gasteiger partial charge < -0.3 is 21.5 Å². The summed E-state index contributed by atoms with van der Waals surface area (Å²) in [4.78, 5) is 16.6. The molecule has 0 bridgehead atoms. The zero-order valence-corrected chi connectivity index (χ0v) is 22.2. The number of phenols is 1. The Morgan fingerprint density at radius 1 is 1.05 bits per heavy atom. The summed E-state index contributed by atoms with van der Waals surface area (Å²) >= 11 is 0. The number of rotatable bonds is 10. The van der Waals surface area contributed by atoms with E-state index in [1.54, 1.807) is 36.7 Å². The van der Waals surface area contributed by atoms with E-state index in [0.717, 1.165) is 28.3 Å². The first-order valence-electron chi connectivity index (χ1n) is 12.9. The van der Waals surface area contributed by atoms with Crippen LogP contribution in [0.5, 0.6) is 5.75 Å². The third-order valence-corrected chi connectivity index (χ3v) is 6.33. The van der Waals surface area contributed by atoms with Crippen molar-refractivity contribution in [2.45, 2.75) is 45.1 Å². The number of aromatic hydroxyl groups is 1. The fraction of sp³-hybridized carbons (Fsp3) is 0.300. The first-order valence-corrected chi connectivity index (χ1v) is 12.9. The van der Waals surface area contributed by atoms with Gasteiger partial charge in [0.05, 0.1) is 17.4 Å². The molecule has 5 N–H and O–H groups in total. The van der Waals surface area contributed by atoms with Gasteiger partial charge in [-0.2, -0.15) is 5.10 Å². The van der Waals surface area contributed by atoms with E-state index in [4.69, 9.17) is 10.8 Å². The number of pyridine rings is 1. The third-order valence-electron chi connectivity index (χ3n) is 6.33. The summed E-state index contributed by atoms with van der Waals surface area (Å²) in [5, 5.41) is 20.6. The first kappa shape index (κ1) is 26.9. The molecule has 8 heteroatoms. The number of hydrogen-bond acceptors (Lipinski definition) is 6. The fourth-order valence-electron chi connectivity index (χ4n) is 4.09. The standard InChI is InChI=1S/C30H36N6O2/c1-30(2,3)23-9-11-24(12-10-23)36-28(19-27(35-36)22-6-4-15-32-20-22)33-16-5-17-34-29(38)26(31)18-21-7-13-25(37)14-8-21/h4,6-15,19-20,26,33,37H,5,16-18,31H2,1-3H3,(H,34,38)/t26-/m0/s1. The molecule has 198 valence electrons. The molecule has 2 heterocycles. The zero-order chi connectivity index (χ0) is 27.1. The van der Waals surface area contributed by atoms with Crippen molar-refractivity contribution in [3.8, 4) is 22.7 Å². The molecular formula is C30H36N6O2. The second-order valence-electron chi connectivity index (χ2n) is 10.4. The molecule has 38 heavy (non-hydrogen) atoms. The third kappa shape index (κ3) is 6.98. The Balaban J connectivity index is 1.37. The molecule has 4 aromatic rings. The summed E-state index contributed by atoms with van der Waals surface area (Å²) in [5.41, 5.74) is 11.0. The molecule has 4 rings (SSSR count). The van der Waals surface area contributed by atoms with E-state index in [1.165, 1.54) is 5.56 Å². The van der Waals surface area contributed by atoms with Gasteiger partial charge in [0.2, 0.25) is 5.91 Å². The maximum atomic E-state index is 12.4. The largest absolute Gasteiger partial charge is 0.508 e. The Morgan fingerprint density at radius 3 is 2.45 bits per heavy atom. The minimum Gasteiger partial charge on any atom is -0.508 e. The van der Waals surface area contributed by atoms with Crippen LogP contribution in [-0.2, 0) is 16.6 Å². The highest BCUT2D eigenvalue weighted by molar-refractivity contribution is 5.81. The Hall–Kier alpha value is -4.17. The summed E-state index contributed by atoms with van der Waals surface area (Å²) in [7, 11) is 0. The smallest absolute Gasteiger partial charge is 0.237 e. The van der Waals surface area contributed by atoms with Gasteiger partial charge in [-0.15, -0.1) is 0 Å². The average Bonchev–Trinajstić information content (AvgIpc) is 3.34. The average molecular weight is 513 g/mol. The van der Waals surface area contributed by atoms with Gasteiger partial charge in [-0.25, -0.2) is 4.68 Å². The molecule has 1 amide bonds. The number of carbonyl (C=O) groups is 1. The predicted molar refractivity (Wildman–Crippen MR) is 151 cm³/mol. The Bertz CT molecular complexity index is 1330. The molecule has 0 saturated heterocycles. The summed E-state index contributed by atoms with van der Waals surface area (Å²) in [5.74, 6) is 0.860. The molecule has 8 nitrogen and oxygen atoms in total. The molecule has 2 aromatic heterocycles. The number of nitrogens with zero attached hydrogens (tertiary/aromatic N) is 3. The molecule has 0 aliphatic heterocycles. The molecule has 0 aliphatic rings. The summed E-state index contributed by atoms with van der Waals surface area (Å²) in [6, 6.07) is 20.4. The van der Waals surface area contributed by atoms with Crippen molar-refractivity contribution in [3.05, 3.63) is 90.3 Å². The quantitative estimate of drug-likeness (QED) is 0.234. The number of anilines is 1. The van der Waals surface area contributed by atoms with Crippen LogP contribution < -0.4 is 16.4 Å². The highest BCUT2D eigenvalue weighted by Crippen LogP contribution is 2.27. The number of nitrogens with one attached hydrogen (secondary N) is 2. The SMILES string of the molecule is CC(C)(C)c1ccc(-n2nc(-c3cccnc3)cc2NCCCNC(=O)[C@@H](N)Cc2ccc(O)cc2)cc1. The molecule has 2 aromatic carbocycles. The lowest BCUT2D eigenvalue weighted by Gasteiger charge is -2.19. The van der Waals surface area contributed by atoms with Crippen molar-refractivity contribution >= 4 is 11.7 Å². The lowest BCUT2D eigenvalue weighted by atomic mass is 9.87. The fourth-order valence-corrected chi connectivity index (χ4v) is 4.09. The minimum atomic E-state index is -0.646. The van der Waals surface area contributed by atoms with Crippen LogP contribution in [-0.4, -0.2) is 44.9 Å². The van der Waals surface area contributed by atoms with E-state index in [9.17, 15) is 9.90 Å². The van der Waals surface area contributed by atoms with Crippen LogP contribution in [0.15, 0.2) is 79.1 Å². The maximum absolute atomic E-state index is 12.4. The Labute approximate surface area is 223 Å². The lowest BCUT2D eigenvalue weighted by Crippen LogP contribution is -2.42. The van der Waals surface area contributed by atoms with E-state index in [-0.39, 0.29) is 17.1 Å². The van der Waals surface area contributed by atoms with Gasteiger partial charge in [0, 0.05) is 37.1 Å². The van der Waals surface area contributed by atoms with Crippen LogP contribution in [0.3, 0.4) is 0 Å². The van der Waals surface area contributed by atoms with E-state index >= 15 is 0 Å². The van der Waals surface area contributed by atoms with Gasteiger partial charge in [0.1, 0.15) is 11.6 Å². The number of hydrogen-bond donors (Lipinski definition) is 4. The van der Waals surface area contributed by atoms with E-state index in [1.807, 2.05) is 22.9 Å². The van der Waals surface area contributed by atoms with Crippen LogP contribution in [0.25, 0.3) is 16.9 Å². The second kappa shape index (κ2) is 11.9. The maximum Gasteiger partial charge on any atom is 0.237 e. The highest BCUT2D eigenvalue weighted by Gasteiger charge is 2.16. The van der Waals surface area contributed by atoms with E-state index < -0.39 is 6.04 Å². The number of benzene rings is 2. The van der Waals surface area contributed by atoms with E-state index in [2.05, 4.69) is 60.7 Å². The molecule has 0 spiro atoms. The molecule has 0 fully saturated rings. The topological polar surface area (TPSA) is 118 Å². The molecule has 0 saturated carbocycles. The van der Waals surface area contributed by atoms with Crippen LogP contribution in [0.1, 0.15) is 38.3 Å². The number of nitrogens with two attached hydrogens (primary N) is 1. The van der Waals surface area contributed by atoms with Gasteiger partial charge in [0.25, 0.3) is 0 Å². The second-order valence-corrected chi connectivity index (χ2v) is 10.4. The van der Waals surface area contributed by atoms with Crippen LogP contribution >= 0.6 is 0 Å². The first-order chi connectivity index (χ1) is 18.2. The van der Waals surface area contributed by atoms with Gasteiger partial charge in [-0.3, -0.25) is 9.78 Å². The monoisotopic (exact) mass is 512 g/mol. The highest BCUT2D eigenvalue weighted by atomic mass is 16.3. The van der Waals surface area contributed by atoms with Crippen molar-refractivity contribution in [1.82, 2.24) is 20.1 Å².